The van der Waals surface area contributed by atoms with Crippen LogP contribution in [0.2, 0.25) is 0 Å². The molecule has 7 N–H and O–H groups in total. The van der Waals surface area contributed by atoms with Crippen LogP contribution >= 0.6 is 12.2 Å². The van der Waals surface area contributed by atoms with Gasteiger partial charge in [0.15, 0.2) is 10.3 Å². The molecule has 4 rings (SSSR count). The molecule has 0 bridgehead atoms. The van der Waals surface area contributed by atoms with Crippen molar-refractivity contribution < 1.29 is 19.3 Å². The molecule has 4 heterocycles. The second-order valence-corrected chi connectivity index (χ2v) is 6.22. The quantitative estimate of drug-likeness (QED) is 0.282. The molecule has 0 spiro atoms. The highest BCUT2D eigenvalue weighted by atomic mass is 32.1. The first-order valence-corrected chi connectivity index (χ1v) is 8.31. The van der Waals surface area contributed by atoms with Crippen LogP contribution in [0.3, 0.4) is 0 Å². The number of ether oxygens (including phenoxy) is 1. The van der Waals surface area contributed by atoms with Crippen molar-refractivity contribution in [2.45, 2.75) is 24.6 Å². The van der Waals surface area contributed by atoms with Crippen LogP contribution in [0.25, 0.3) is 11.2 Å². The summed E-state index contributed by atoms with van der Waals surface area (Å²) in [4.78, 5) is 37.5. The summed E-state index contributed by atoms with van der Waals surface area (Å²) in [6, 6.07) is 0.963. The summed E-state index contributed by atoms with van der Waals surface area (Å²) in [6.45, 7) is -0.565. The second-order valence-electron chi connectivity index (χ2n) is 5.83. The topological polar surface area (TPSA) is 188 Å². The van der Waals surface area contributed by atoms with Gasteiger partial charge in [-0.2, -0.15) is 4.39 Å². The Hall–Kier alpha value is -2.94. The van der Waals surface area contributed by atoms with Gasteiger partial charge in [-0.05, 0) is 0 Å². The fourth-order valence-electron chi connectivity index (χ4n) is 2.61. The van der Waals surface area contributed by atoms with Crippen LogP contribution in [0.15, 0.2) is 28.2 Å². The summed E-state index contributed by atoms with van der Waals surface area (Å²) in [7, 11) is 0. The average molecular weight is 413 g/mol. The number of nitrogen functional groups attached to an aromatic ring is 1. The number of nitrogens with two attached hydrogens (primary N) is 1. The maximum atomic E-state index is 14.3. The maximum absolute atomic E-state index is 14.3. The molecule has 1 fully saturated rings. The van der Waals surface area contributed by atoms with Crippen LogP contribution in [0.1, 0.15) is 6.42 Å². The number of hydrogen-bond donors (Lipinski definition) is 6. The van der Waals surface area contributed by atoms with Gasteiger partial charge in [0, 0.05) is 12.3 Å². The molecule has 1 aliphatic heterocycles. The molecule has 0 amide bonds. The van der Waals surface area contributed by atoms with Gasteiger partial charge in [0.2, 0.25) is 5.95 Å². The number of aliphatic hydroxyl groups excluding tert-OH is 2. The summed E-state index contributed by atoms with van der Waals surface area (Å²) in [5, 5.41) is 18.3. The molecule has 0 saturated carbocycles. The molecule has 1 saturated heterocycles. The minimum absolute atomic E-state index is 0.287. The zero-order valence-electron chi connectivity index (χ0n) is 14.1. The zero-order valence-corrected chi connectivity index (χ0v) is 14.9. The minimum atomic E-state index is -2.56. The van der Waals surface area contributed by atoms with Crippen molar-refractivity contribution in [3.8, 4) is 0 Å². The Morgan fingerprint density at radius 1 is 1.46 bits per heavy atom. The van der Waals surface area contributed by atoms with Gasteiger partial charge in [-0.25, -0.2) is 19.3 Å². The highest BCUT2D eigenvalue weighted by Crippen LogP contribution is 2.35. The van der Waals surface area contributed by atoms with Gasteiger partial charge in [0.1, 0.15) is 11.6 Å². The third-order valence-corrected chi connectivity index (χ3v) is 4.20. The summed E-state index contributed by atoms with van der Waals surface area (Å²) in [5.41, 5.74) is 5.11. The van der Waals surface area contributed by atoms with Gasteiger partial charge in [-0.3, -0.25) is 9.78 Å². The number of imidazole rings is 1. The highest BCUT2D eigenvalue weighted by Gasteiger charge is 2.48. The van der Waals surface area contributed by atoms with E-state index in [0.717, 1.165) is 12.3 Å². The predicted octanol–water partition coefficient (Wildman–Crippen LogP) is -1.14. The van der Waals surface area contributed by atoms with E-state index < -0.39 is 42.5 Å². The van der Waals surface area contributed by atoms with Crippen molar-refractivity contribution >= 4 is 29.3 Å². The van der Waals surface area contributed by atoms with Gasteiger partial charge < -0.3 is 30.7 Å². The number of nitrogens with zero attached hydrogens (tertiary/aromatic N) is 3. The van der Waals surface area contributed by atoms with E-state index in [1.807, 2.05) is 4.98 Å². The van der Waals surface area contributed by atoms with E-state index in [2.05, 4.69) is 19.9 Å². The van der Waals surface area contributed by atoms with Crippen molar-refractivity contribution in [2.75, 3.05) is 12.3 Å². The van der Waals surface area contributed by atoms with Crippen molar-refractivity contribution in [3.05, 3.63) is 44.1 Å². The van der Waals surface area contributed by atoms with E-state index >= 15 is 0 Å². The van der Waals surface area contributed by atoms with E-state index in [4.69, 9.17) is 27.8 Å². The summed E-state index contributed by atoms with van der Waals surface area (Å²) >= 11 is 4.91. The first kappa shape index (κ1) is 19.8. The summed E-state index contributed by atoms with van der Waals surface area (Å²) in [6.07, 6.45) is -0.335. The van der Waals surface area contributed by atoms with Crippen molar-refractivity contribution in [3.63, 3.8) is 0 Å². The molecule has 0 unspecified atom stereocenters. The molecule has 0 radical (unpaired) electrons. The number of aliphatic hydroxyl groups is 2. The average Bonchev–Trinajstić information content (AvgIpc) is 3.19. The van der Waals surface area contributed by atoms with E-state index in [0.29, 0.717) is 20.4 Å². The molecule has 3 aromatic heterocycles. The number of aromatic amines is 3. The van der Waals surface area contributed by atoms with Crippen LogP contribution in [0, 0.1) is 4.64 Å². The van der Waals surface area contributed by atoms with Gasteiger partial charge in [-0.1, -0.05) is 12.2 Å². The number of halogens is 1. The molecule has 0 aliphatic carbocycles. The zero-order chi connectivity index (χ0) is 20.5. The maximum Gasteiger partial charge on any atom is 0.332 e. The van der Waals surface area contributed by atoms with E-state index in [1.54, 1.807) is 0 Å². The molecule has 1 aliphatic rings. The monoisotopic (exact) mass is 413 g/mol. The lowest BCUT2D eigenvalue weighted by Crippen LogP contribution is -2.41. The summed E-state index contributed by atoms with van der Waals surface area (Å²) < 4.78 is 20.0. The molecular weight excluding hydrogens is 397 g/mol. The lowest BCUT2D eigenvalue weighted by atomic mass is 10.2. The Bertz CT molecular complexity index is 1160. The van der Waals surface area contributed by atoms with Crippen LogP contribution in [-0.2, 0) is 10.7 Å². The lowest BCUT2D eigenvalue weighted by Gasteiger charge is -2.21. The number of fused-ring (bicyclic) bond motifs is 1. The van der Waals surface area contributed by atoms with E-state index in [-0.39, 0.29) is 5.95 Å². The first-order valence-electron chi connectivity index (χ1n) is 7.90. The normalized spacial score (nSPS) is 24.1. The van der Waals surface area contributed by atoms with Crippen LogP contribution in [-0.4, -0.2) is 58.5 Å². The lowest BCUT2D eigenvalue weighted by molar-refractivity contribution is -0.205. The number of alkyl halides is 1. The fraction of sp³-hybridized carbons (Fsp3) is 0.357. The van der Waals surface area contributed by atoms with Gasteiger partial charge >= 0.3 is 5.69 Å². The SMILES string of the molecule is Nc1nc(=S)c2[nH]cnc2[nH]1.O=c1ccn([C@@]2(F)C[C@H](O)[C@@H](CO)O2)c(=O)[nH]1. The molecular formula is C14H16FN7O5S. The summed E-state index contributed by atoms with van der Waals surface area (Å²) in [5.74, 6) is -2.27. The number of nitrogens with one attached hydrogen (secondary N) is 3. The van der Waals surface area contributed by atoms with Crippen LogP contribution in [0.5, 0.6) is 0 Å². The molecule has 14 heteroatoms. The van der Waals surface area contributed by atoms with Crippen molar-refractivity contribution in [1.82, 2.24) is 29.5 Å². The second kappa shape index (κ2) is 7.59. The number of H-pyrrole nitrogens is 3. The van der Waals surface area contributed by atoms with E-state index in [9.17, 15) is 19.1 Å². The van der Waals surface area contributed by atoms with Crippen LogP contribution in [0.4, 0.5) is 10.3 Å². The molecule has 3 aromatic rings. The molecule has 12 nitrogen and oxygen atoms in total. The first-order chi connectivity index (χ1) is 13.2. The molecule has 0 aromatic carbocycles. The van der Waals surface area contributed by atoms with E-state index in [1.165, 1.54) is 6.33 Å². The standard InChI is InChI=1S/C9H11FN2O5.C5H5N5S/c10-9(3-5(14)6(4-13)17-9)12-2-1-7(15)11-8(12)16;6-5-9-3-2(4(11)10-5)7-1-8-3/h1-2,5-6,13-14H,3-4H2,(H,11,15,16);1H,(H4,6,7,8,9,10,11)/t5-,6+,9-;/m0./s1. The van der Waals surface area contributed by atoms with Crippen LogP contribution < -0.4 is 17.0 Å². The third-order valence-electron chi connectivity index (χ3n) is 3.91. The highest BCUT2D eigenvalue weighted by molar-refractivity contribution is 7.71. The molecule has 3 atom stereocenters. The van der Waals surface area contributed by atoms with Crippen molar-refractivity contribution in [1.29, 1.82) is 0 Å². The smallest absolute Gasteiger partial charge is 0.332 e. The Kier molecular flexibility index (Phi) is 5.37. The van der Waals surface area contributed by atoms with Gasteiger partial charge in [0.25, 0.3) is 11.5 Å². The molecule has 28 heavy (non-hydrogen) atoms. The fourth-order valence-corrected chi connectivity index (χ4v) is 2.86. The Balaban J connectivity index is 0.000000176. The molecule has 150 valence electrons. The predicted molar refractivity (Wildman–Crippen MR) is 96.5 cm³/mol. The van der Waals surface area contributed by atoms with Crippen molar-refractivity contribution in [2.24, 2.45) is 0 Å². The minimum Gasteiger partial charge on any atom is -0.394 e. The number of aromatic nitrogens is 6. The Morgan fingerprint density at radius 2 is 2.21 bits per heavy atom. The number of hydrogen-bond acceptors (Lipinski definition) is 9. The van der Waals surface area contributed by atoms with Gasteiger partial charge in [0.05, 0.1) is 25.5 Å². The number of rotatable bonds is 2. The number of anilines is 1. The Morgan fingerprint density at radius 3 is 2.86 bits per heavy atom. The van der Waals surface area contributed by atoms with Gasteiger partial charge in [-0.15, -0.1) is 0 Å². The Labute approximate surface area is 159 Å². The largest absolute Gasteiger partial charge is 0.394 e. The third kappa shape index (κ3) is 3.84.